The molecule has 0 amide bonds. The molecule has 1 saturated carbocycles. The number of carboxylic acids is 1. The summed E-state index contributed by atoms with van der Waals surface area (Å²) in [5, 5.41) is 9.56. The molecule has 2 atom stereocenters. The number of hydrogen-bond acceptors (Lipinski definition) is 2. The largest absolute Gasteiger partial charge is 0.481 e. The van der Waals surface area contributed by atoms with Crippen molar-refractivity contribution in [1.29, 1.82) is 0 Å². The maximum atomic E-state index is 11.6. The summed E-state index contributed by atoms with van der Waals surface area (Å²) in [6, 6.07) is 0. The Bertz CT molecular complexity index is 265. The first kappa shape index (κ1) is 14.5. The van der Waals surface area contributed by atoms with E-state index in [2.05, 4.69) is 25.7 Å². The Kier molecular flexibility index (Phi) is 4.99. The fraction of sp³-hybridized carbons (Fsp3) is 0.929. The topological polar surface area (TPSA) is 40.5 Å². The number of carboxylic acid groups (broad SMARTS) is 1. The highest BCUT2D eigenvalue weighted by molar-refractivity contribution is 5.75. The Hall–Kier alpha value is -0.570. The summed E-state index contributed by atoms with van der Waals surface area (Å²) in [6.45, 7) is 8.20. The lowest BCUT2D eigenvalue weighted by atomic mass is 9.69. The summed E-state index contributed by atoms with van der Waals surface area (Å²) in [4.78, 5) is 13.8. The van der Waals surface area contributed by atoms with Crippen molar-refractivity contribution < 1.29 is 9.90 Å². The van der Waals surface area contributed by atoms with E-state index in [1.165, 1.54) is 6.42 Å². The molecule has 0 saturated heterocycles. The predicted molar refractivity (Wildman–Crippen MR) is 70.0 cm³/mol. The first-order chi connectivity index (χ1) is 7.85. The molecule has 3 heteroatoms. The highest BCUT2D eigenvalue weighted by Crippen LogP contribution is 2.40. The molecule has 1 N–H and O–H groups in total. The predicted octanol–water partition coefficient (Wildman–Crippen LogP) is 2.86. The Morgan fingerprint density at radius 3 is 2.65 bits per heavy atom. The molecule has 0 radical (unpaired) electrons. The maximum absolute atomic E-state index is 11.6. The summed E-state index contributed by atoms with van der Waals surface area (Å²) < 4.78 is 0. The quantitative estimate of drug-likeness (QED) is 0.804. The zero-order valence-corrected chi connectivity index (χ0v) is 11.7. The molecule has 0 heterocycles. The van der Waals surface area contributed by atoms with Crippen molar-refractivity contribution in [2.45, 2.75) is 46.5 Å². The van der Waals surface area contributed by atoms with Crippen LogP contribution in [0, 0.1) is 17.3 Å². The standard InChI is InChI=1S/C14H27NO2/c1-11(2)9-15(4)10-14(13(16)17)7-5-6-12(3)8-14/h11-12H,5-10H2,1-4H3,(H,16,17). The summed E-state index contributed by atoms with van der Waals surface area (Å²) in [5.41, 5.74) is -0.499. The van der Waals surface area contributed by atoms with E-state index in [1.54, 1.807) is 0 Å². The molecule has 100 valence electrons. The average Bonchev–Trinajstić information content (AvgIpc) is 2.15. The molecule has 0 aromatic rings. The van der Waals surface area contributed by atoms with Crippen LogP contribution < -0.4 is 0 Å². The maximum Gasteiger partial charge on any atom is 0.310 e. The van der Waals surface area contributed by atoms with Gasteiger partial charge in [-0.15, -0.1) is 0 Å². The smallest absolute Gasteiger partial charge is 0.310 e. The molecule has 0 aliphatic heterocycles. The van der Waals surface area contributed by atoms with Crippen LogP contribution in [0.1, 0.15) is 46.5 Å². The van der Waals surface area contributed by atoms with Crippen molar-refractivity contribution >= 4 is 5.97 Å². The van der Waals surface area contributed by atoms with Crippen molar-refractivity contribution in [3.63, 3.8) is 0 Å². The molecule has 3 nitrogen and oxygen atoms in total. The van der Waals surface area contributed by atoms with Gasteiger partial charge in [0.2, 0.25) is 0 Å². The van der Waals surface area contributed by atoms with Crippen LogP contribution >= 0.6 is 0 Å². The number of hydrogen-bond donors (Lipinski definition) is 1. The Morgan fingerprint density at radius 2 is 2.18 bits per heavy atom. The molecular weight excluding hydrogens is 214 g/mol. The van der Waals surface area contributed by atoms with Gasteiger partial charge < -0.3 is 10.0 Å². The molecule has 2 unspecified atom stereocenters. The van der Waals surface area contributed by atoms with Crippen LogP contribution in [-0.4, -0.2) is 36.1 Å². The van der Waals surface area contributed by atoms with Crippen LogP contribution in [0.5, 0.6) is 0 Å². The average molecular weight is 241 g/mol. The van der Waals surface area contributed by atoms with Crippen molar-refractivity contribution in [2.75, 3.05) is 20.1 Å². The lowest BCUT2D eigenvalue weighted by molar-refractivity contribution is -0.153. The number of carbonyl (C=O) groups is 1. The van der Waals surface area contributed by atoms with Gasteiger partial charge in [0.25, 0.3) is 0 Å². The second-order valence-corrected chi connectivity index (χ2v) is 6.38. The van der Waals surface area contributed by atoms with E-state index in [9.17, 15) is 9.90 Å². The number of rotatable bonds is 5. The molecule has 0 spiro atoms. The van der Waals surface area contributed by atoms with E-state index < -0.39 is 11.4 Å². The molecule has 1 aliphatic rings. The first-order valence-corrected chi connectivity index (χ1v) is 6.77. The van der Waals surface area contributed by atoms with Crippen LogP contribution in [0.25, 0.3) is 0 Å². The van der Waals surface area contributed by atoms with Gasteiger partial charge in [-0.1, -0.05) is 33.6 Å². The summed E-state index contributed by atoms with van der Waals surface area (Å²) in [6.07, 6.45) is 3.92. The van der Waals surface area contributed by atoms with Gasteiger partial charge in [0.15, 0.2) is 0 Å². The second-order valence-electron chi connectivity index (χ2n) is 6.38. The van der Waals surface area contributed by atoms with Gasteiger partial charge in [-0.2, -0.15) is 0 Å². The molecule has 1 aliphatic carbocycles. The van der Waals surface area contributed by atoms with Crippen molar-refractivity contribution in [3.05, 3.63) is 0 Å². The molecule has 17 heavy (non-hydrogen) atoms. The van der Waals surface area contributed by atoms with Gasteiger partial charge in [-0.25, -0.2) is 0 Å². The Morgan fingerprint density at radius 1 is 1.53 bits per heavy atom. The van der Waals surface area contributed by atoms with E-state index in [0.717, 1.165) is 25.8 Å². The number of aliphatic carboxylic acids is 1. The van der Waals surface area contributed by atoms with Crippen LogP contribution in [-0.2, 0) is 4.79 Å². The van der Waals surface area contributed by atoms with E-state index in [-0.39, 0.29) is 0 Å². The molecule has 0 aromatic heterocycles. The molecule has 0 aromatic carbocycles. The lowest BCUT2D eigenvalue weighted by Gasteiger charge is -2.39. The van der Waals surface area contributed by atoms with Gasteiger partial charge in [-0.05, 0) is 31.7 Å². The molecule has 1 rings (SSSR count). The van der Waals surface area contributed by atoms with Crippen molar-refractivity contribution in [1.82, 2.24) is 4.90 Å². The van der Waals surface area contributed by atoms with Crippen molar-refractivity contribution in [3.8, 4) is 0 Å². The third-order valence-corrected chi connectivity index (χ3v) is 3.79. The highest BCUT2D eigenvalue weighted by atomic mass is 16.4. The first-order valence-electron chi connectivity index (χ1n) is 6.77. The minimum absolute atomic E-state index is 0.499. The zero-order valence-electron chi connectivity index (χ0n) is 11.7. The van der Waals surface area contributed by atoms with E-state index in [4.69, 9.17) is 0 Å². The summed E-state index contributed by atoms with van der Waals surface area (Å²) >= 11 is 0. The summed E-state index contributed by atoms with van der Waals surface area (Å²) in [7, 11) is 2.05. The molecular formula is C14H27NO2. The van der Waals surface area contributed by atoms with Crippen LogP contribution in [0.3, 0.4) is 0 Å². The normalized spacial score (nSPS) is 29.9. The van der Waals surface area contributed by atoms with E-state index in [1.807, 2.05) is 7.05 Å². The van der Waals surface area contributed by atoms with Gasteiger partial charge >= 0.3 is 5.97 Å². The van der Waals surface area contributed by atoms with Gasteiger partial charge in [-0.3, -0.25) is 4.79 Å². The number of nitrogens with zero attached hydrogens (tertiary/aromatic N) is 1. The van der Waals surface area contributed by atoms with E-state index in [0.29, 0.717) is 18.4 Å². The molecule has 1 fully saturated rings. The Labute approximate surface area is 105 Å². The zero-order chi connectivity index (χ0) is 13.1. The SMILES string of the molecule is CC(C)CN(C)CC1(C(=O)O)CCCC(C)C1. The third kappa shape index (κ3) is 3.98. The molecule has 0 bridgehead atoms. The highest BCUT2D eigenvalue weighted by Gasteiger charge is 2.42. The lowest BCUT2D eigenvalue weighted by Crippen LogP contribution is -2.45. The second kappa shape index (κ2) is 5.85. The Balaban J connectivity index is 2.68. The monoisotopic (exact) mass is 241 g/mol. The van der Waals surface area contributed by atoms with Crippen LogP contribution in [0.15, 0.2) is 0 Å². The van der Waals surface area contributed by atoms with Gasteiger partial charge in [0.1, 0.15) is 0 Å². The fourth-order valence-corrected chi connectivity index (χ4v) is 3.27. The van der Waals surface area contributed by atoms with Gasteiger partial charge in [0.05, 0.1) is 5.41 Å². The fourth-order valence-electron chi connectivity index (χ4n) is 3.27. The van der Waals surface area contributed by atoms with E-state index >= 15 is 0 Å². The van der Waals surface area contributed by atoms with Crippen LogP contribution in [0.4, 0.5) is 0 Å². The minimum atomic E-state index is -0.598. The third-order valence-electron chi connectivity index (χ3n) is 3.79. The minimum Gasteiger partial charge on any atom is -0.481 e. The summed E-state index contributed by atoms with van der Waals surface area (Å²) in [5.74, 6) is 0.541. The van der Waals surface area contributed by atoms with Gasteiger partial charge in [0, 0.05) is 13.1 Å². The van der Waals surface area contributed by atoms with Crippen LogP contribution in [0.2, 0.25) is 0 Å². The van der Waals surface area contributed by atoms with Crippen molar-refractivity contribution in [2.24, 2.45) is 17.3 Å².